The topological polar surface area (TPSA) is 57.0 Å². The van der Waals surface area contributed by atoms with Crippen molar-refractivity contribution in [2.24, 2.45) is 5.73 Å². The normalized spacial score (nSPS) is 25.5. The zero-order chi connectivity index (χ0) is 13.2. The molecule has 1 aliphatic rings. The number of nitrogens with zero attached hydrogens (tertiary/aromatic N) is 1. The van der Waals surface area contributed by atoms with Gasteiger partial charge in [-0.15, -0.1) is 0 Å². The van der Waals surface area contributed by atoms with Crippen LogP contribution in [0.3, 0.4) is 0 Å². The highest BCUT2D eigenvalue weighted by atomic mass is 16.5. The zero-order valence-corrected chi connectivity index (χ0v) is 11.8. The second kappa shape index (κ2) is 9.69. The van der Waals surface area contributed by atoms with Crippen molar-refractivity contribution in [3.63, 3.8) is 0 Å². The Morgan fingerprint density at radius 2 is 2.06 bits per heavy atom. The molecule has 0 saturated carbocycles. The van der Waals surface area contributed by atoms with E-state index in [2.05, 4.69) is 4.90 Å². The number of nitrogens with two attached hydrogens (primary N) is 1. The van der Waals surface area contributed by atoms with Crippen LogP contribution in [0.5, 0.6) is 0 Å². The molecule has 0 aromatic rings. The molecule has 0 amide bonds. The van der Waals surface area contributed by atoms with Gasteiger partial charge in [-0.05, 0) is 19.3 Å². The molecule has 0 radical (unpaired) electrons. The third kappa shape index (κ3) is 5.63. The van der Waals surface area contributed by atoms with Crippen LogP contribution in [-0.4, -0.2) is 70.7 Å². The Balaban J connectivity index is 2.12. The summed E-state index contributed by atoms with van der Waals surface area (Å²) in [6.45, 7) is 5.04. The SMILES string of the molecule is COCCCOCCN1CCC(OC)CC1CN. The Labute approximate surface area is 111 Å². The van der Waals surface area contributed by atoms with Crippen molar-refractivity contribution in [3.05, 3.63) is 0 Å². The number of hydrogen-bond donors (Lipinski definition) is 1. The molecule has 1 fully saturated rings. The van der Waals surface area contributed by atoms with Crippen molar-refractivity contribution in [2.75, 3.05) is 53.7 Å². The molecule has 2 unspecified atom stereocenters. The summed E-state index contributed by atoms with van der Waals surface area (Å²) < 4.78 is 16.0. The molecule has 2 atom stereocenters. The Morgan fingerprint density at radius 3 is 2.72 bits per heavy atom. The van der Waals surface area contributed by atoms with E-state index in [1.807, 2.05) is 0 Å². The van der Waals surface area contributed by atoms with E-state index in [1.54, 1.807) is 14.2 Å². The molecular formula is C13H28N2O3. The molecule has 5 nitrogen and oxygen atoms in total. The highest BCUT2D eigenvalue weighted by molar-refractivity contribution is 4.82. The number of ether oxygens (including phenoxy) is 3. The second-order valence-corrected chi connectivity index (χ2v) is 4.77. The lowest BCUT2D eigenvalue weighted by Gasteiger charge is -2.38. The van der Waals surface area contributed by atoms with Gasteiger partial charge in [0.05, 0.1) is 12.7 Å². The third-order valence-electron chi connectivity index (χ3n) is 3.56. The summed E-state index contributed by atoms with van der Waals surface area (Å²) in [5, 5.41) is 0. The van der Waals surface area contributed by atoms with E-state index in [4.69, 9.17) is 19.9 Å². The predicted octanol–water partition coefficient (Wildman–Crippen LogP) is 0.478. The fraction of sp³-hybridized carbons (Fsp3) is 1.00. The van der Waals surface area contributed by atoms with Gasteiger partial charge in [-0.2, -0.15) is 0 Å². The first-order chi connectivity index (χ1) is 8.81. The number of piperidine rings is 1. The van der Waals surface area contributed by atoms with E-state index in [0.29, 0.717) is 18.7 Å². The minimum Gasteiger partial charge on any atom is -0.385 e. The van der Waals surface area contributed by atoms with Gasteiger partial charge in [-0.1, -0.05) is 0 Å². The van der Waals surface area contributed by atoms with Crippen molar-refractivity contribution in [1.82, 2.24) is 4.90 Å². The molecular weight excluding hydrogens is 232 g/mol. The molecule has 1 rings (SSSR count). The zero-order valence-electron chi connectivity index (χ0n) is 11.8. The molecule has 5 heteroatoms. The van der Waals surface area contributed by atoms with Crippen molar-refractivity contribution in [3.8, 4) is 0 Å². The van der Waals surface area contributed by atoms with Crippen molar-refractivity contribution in [2.45, 2.75) is 31.4 Å². The first-order valence-corrected chi connectivity index (χ1v) is 6.85. The summed E-state index contributed by atoms with van der Waals surface area (Å²) in [6, 6.07) is 0.436. The maximum absolute atomic E-state index is 5.83. The lowest BCUT2D eigenvalue weighted by molar-refractivity contribution is -0.0000303. The van der Waals surface area contributed by atoms with Gasteiger partial charge in [-0.25, -0.2) is 0 Å². The fourth-order valence-corrected chi connectivity index (χ4v) is 2.41. The van der Waals surface area contributed by atoms with Crippen LogP contribution in [0.15, 0.2) is 0 Å². The number of hydrogen-bond acceptors (Lipinski definition) is 5. The summed E-state index contributed by atoms with van der Waals surface area (Å²) in [5.74, 6) is 0. The summed E-state index contributed by atoms with van der Waals surface area (Å²) in [7, 11) is 3.50. The van der Waals surface area contributed by atoms with Gasteiger partial charge in [0.1, 0.15) is 0 Å². The first kappa shape index (κ1) is 15.9. The van der Waals surface area contributed by atoms with Crippen molar-refractivity contribution < 1.29 is 14.2 Å². The van der Waals surface area contributed by atoms with Gasteiger partial charge in [0, 0.05) is 53.1 Å². The molecule has 0 aliphatic carbocycles. The molecule has 1 aliphatic heterocycles. The Hall–Kier alpha value is -0.200. The van der Waals surface area contributed by atoms with E-state index >= 15 is 0 Å². The Bertz CT molecular complexity index is 205. The summed E-state index contributed by atoms with van der Waals surface area (Å²) in [5.41, 5.74) is 5.83. The molecule has 108 valence electrons. The minimum atomic E-state index is 0.373. The lowest BCUT2D eigenvalue weighted by atomic mass is 9.99. The smallest absolute Gasteiger partial charge is 0.0599 e. The van der Waals surface area contributed by atoms with Gasteiger partial charge >= 0.3 is 0 Å². The molecule has 1 heterocycles. The summed E-state index contributed by atoms with van der Waals surface area (Å²) >= 11 is 0. The number of likely N-dealkylation sites (tertiary alicyclic amines) is 1. The summed E-state index contributed by atoms with van der Waals surface area (Å²) in [6.07, 6.45) is 3.47. The van der Waals surface area contributed by atoms with Crippen LogP contribution in [0.4, 0.5) is 0 Å². The highest BCUT2D eigenvalue weighted by Gasteiger charge is 2.26. The van der Waals surface area contributed by atoms with Crippen molar-refractivity contribution in [1.29, 1.82) is 0 Å². The third-order valence-corrected chi connectivity index (χ3v) is 3.56. The Kier molecular flexibility index (Phi) is 8.54. The molecule has 2 N–H and O–H groups in total. The van der Waals surface area contributed by atoms with Gasteiger partial charge < -0.3 is 19.9 Å². The van der Waals surface area contributed by atoms with E-state index in [9.17, 15) is 0 Å². The van der Waals surface area contributed by atoms with E-state index in [1.165, 1.54) is 0 Å². The summed E-state index contributed by atoms with van der Waals surface area (Å²) in [4.78, 5) is 2.42. The van der Waals surface area contributed by atoms with Crippen molar-refractivity contribution >= 4 is 0 Å². The first-order valence-electron chi connectivity index (χ1n) is 6.85. The van der Waals surface area contributed by atoms with E-state index < -0.39 is 0 Å². The van der Waals surface area contributed by atoms with Crippen LogP contribution < -0.4 is 5.73 Å². The molecule has 0 aromatic carbocycles. The van der Waals surface area contributed by atoms with Crippen LogP contribution in [0.1, 0.15) is 19.3 Å². The molecule has 0 aromatic heterocycles. The predicted molar refractivity (Wildman–Crippen MR) is 71.8 cm³/mol. The van der Waals surface area contributed by atoms with Crippen LogP contribution >= 0.6 is 0 Å². The average Bonchev–Trinajstić information content (AvgIpc) is 2.42. The van der Waals surface area contributed by atoms with Crippen LogP contribution in [0.2, 0.25) is 0 Å². The van der Waals surface area contributed by atoms with Gasteiger partial charge in [0.15, 0.2) is 0 Å². The van der Waals surface area contributed by atoms with Crippen LogP contribution in [0.25, 0.3) is 0 Å². The fourth-order valence-electron chi connectivity index (χ4n) is 2.41. The van der Waals surface area contributed by atoms with E-state index in [0.717, 1.165) is 52.2 Å². The highest BCUT2D eigenvalue weighted by Crippen LogP contribution is 2.18. The second-order valence-electron chi connectivity index (χ2n) is 4.77. The minimum absolute atomic E-state index is 0.373. The van der Waals surface area contributed by atoms with Crippen LogP contribution in [0, 0.1) is 0 Å². The maximum atomic E-state index is 5.83. The van der Waals surface area contributed by atoms with E-state index in [-0.39, 0.29) is 0 Å². The quantitative estimate of drug-likeness (QED) is 0.611. The number of methoxy groups -OCH3 is 2. The van der Waals surface area contributed by atoms with Crippen LogP contribution in [-0.2, 0) is 14.2 Å². The molecule has 1 saturated heterocycles. The Morgan fingerprint density at radius 1 is 1.22 bits per heavy atom. The monoisotopic (exact) mass is 260 g/mol. The molecule has 0 bridgehead atoms. The number of rotatable bonds is 9. The lowest BCUT2D eigenvalue weighted by Crippen LogP contribution is -2.49. The molecule has 0 spiro atoms. The van der Waals surface area contributed by atoms with Gasteiger partial charge in [0.25, 0.3) is 0 Å². The van der Waals surface area contributed by atoms with Gasteiger partial charge in [0.2, 0.25) is 0 Å². The molecule has 18 heavy (non-hydrogen) atoms. The standard InChI is InChI=1S/C13H28N2O3/c1-16-7-3-8-18-9-6-15-5-4-13(17-2)10-12(15)11-14/h12-13H,3-11,14H2,1-2H3. The average molecular weight is 260 g/mol. The largest absolute Gasteiger partial charge is 0.385 e. The van der Waals surface area contributed by atoms with Gasteiger partial charge in [-0.3, -0.25) is 4.90 Å². The maximum Gasteiger partial charge on any atom is 0.0599 e.